The van der Waals surface area contributed by atoms with E-state index in [2.05, 4.69) is 87.3 Å². The van der Waals surface area contributed by atoms with Crippen molar-refractivity contribution >= 4 is 34.9 Å². The van der Waals surface area contributed by atoms with Gasteiger partial charge in [-0.15, -0.1) is 0 Å². The van der Waals surface area contributed by atoms with Crippen LogP contribution < -0.4 is 5.32 Å². The van der Waals surface area contributed by atoms with Crippen LogP contribution in [0.1, 0.15) is 128 Å². The summed E-state index contributed by atoms with van der Waals surface area (Å²) in [5.41, 5.74) is 10.6. The molecular weight excluding hydrogens is 620 g/mol. The molecule has 3 rings (SSSR count). The van der Waals surface area contributed by atoms with Gasteiger partial charge in [0.15, 0.2) is 0 Å². The normalized spacial score (nSPS) is 11.9. The fourth-order valence-corrected chi connectivity index (χ4v) is 5.09. The largest absolute Gasteiger partial charge is 0.312 e. The number of halogens is 1. The Hall–Kier alpha value is -3.27. The SMILES string of the molecule is C=C(C)c1ccc(CCc2ccc(CC(NC)C(C)=N/C(=C\C)c3ccc(C)cc3Cl)cc2)cc1.CC.CC(C)(C)CC=O.CCCCC. The van der Waals surface area contributed by atoms with Gasteiger partial charge in [0.25, 0.3) is 0 Å². The van der Waals surface area contributed by atoms with Crippen molar-refractivity contribution in [3.8, 4) is 0 Å². The molecule has 0 spiro atoms. The van der Waals surface area contributed by atoms with Crippen LogP contribution in [0, 0.1) is 12.3 Å². The van der Waals surface area contributed by atoms with E-state index in [1.807, 2.05) is 80.6 Å². The van der Waals surface area contributed by atoms with Crippen LogP contribution in [0.25, 0.3) is 11.3 Å². The minimum absolute atomic E-state index is 0.145. The number of likely N-dealkylation sites (N-methyl/N-ethyl adjacent to an activating group) is 1. The van der Waals surface area contributed by atoms with Gasteiger partial charge in [-0.25, -0.2) is 0 Å². The number of rotatable bonds is 13. The number of carbonyl (C=O) groups is 1. The van der Waals surface area contributed by atoms with Crippen LogP contribution in [0.3, 0.4) is 0 Å². The zero-order valence-electron chi connectivity index (χ0n) is 33.0. The predicted molar refractivity (Wildman–Crippen MR) is 221 cm³/mol. The summed E-state index contributed by atoms with van der Waals surface area (Å²) in [5, 5.41) is 4.17. The molecule has 0 aromatic heterocycles. The van der Waals surface area contributed by atoms with Gasteiger partial charge in [0.05, 0.1) is 10.7 Å². The van der Waals surface area contributed by atoms with Crippen LogP contribution in [-0.2, 0) is 24.1 Å². The standard InChI is InChI=1S/C32H37ClN2.C6H12O.C5H12.C2H6/c1-7-31(29-19-8-23(4)20-30(29)33)35-24(5)32(34-6)21-27-13-11-25(12-14-27)9-10-26-15-17-28(18-16-26)22(2)3;1-6(2,3)4-5-7;1-3-5-4-2;1-2/h7-8,11-20,32,34H,2,9-10,21H2,1,3-6H3;5H,4H2,1-3H3;3-5H2,1-2H3;1-2H3/b31-7-,35-24?;;;. The first-order chi connectivity index (χ1) is 23.3. The second kappa shape index (κ2) is 25.7. The summed E-state index contributed by atoms with van der Waals surface area (Å²) in [6.45, 7) is 26.7. The summed E-state index contributed by atoms with van der Waals surface area (Å²) in [5.74, 6) is 0. The smallest absolute Gasteiger partial charge is 0.120 e. The first-order valence-electron chi connectivity index (χ1n) is 18.2. The number of nitrogens with one attached hydrogen (secondary N) is 1. The van der Waals surface area contributed by atoms with Crippen molar-refractivity contribution in [3.05, 3.63) is 118 Å². The van der Waals surface area contributed by atoms with Gasteiger partial charge in [0.2, 0.25) is 0 Å². The molecule has 0 amide bonds. The molecule has 3 nitrogen and oxygen atoms in total. The van der Waals surface area contributed by atoms with Crippen LogP contribution in [0.4, 0.5) is 0 Å². The Bertz CT molecular complexity index is 1410. The lowest BCUT2D eigenvalue weighted by atomic mass is 9.93. The monoisotopic (exact) mass is 686 g/mol. The number of aliphatic imine (C=N–C) groups is 1. The molecule has 3 aromatic rings. The van der Waals surface area contributed by atoms with Gasteiger partial charge in [0, 0.05) is 23.7 Å². The third kappa shape index (κ3) is 19.5. The van der Waals surface area contributed by atoms with Gasteiger partial charge in [-0.2, -0.15) is 0 Å². The van der Waals surface area contributed by atoms with E-state index in [1.54, 1.807) is 0 Å². The Morgan fingerprint density at radius 2 is 1.41 bits per heavy atom. The molecule has 0 bridgehead atoms. The first kappa shape index (κ1) is 45.7. The molecule has 3 aromatic carbocycles. The first-order valence-corrected chi connectivity index (χ1v) is 18.6. The Morgan fingerprint density at radius 3 is 1.78 bits per heavy atom. The molecule has 0 aliphatic carbocycles. The maximum absolute atomic E-state index is 9.82. The van der Waals surface area contributed by atoms with Crippen molar-refractivity contribution in [3.63, 3.8) is 0 Å². The van der Waals surface area contributed by atoms with E-state index in [9.17, 15) is 4.79 Å². The summed E-state index contributed by atoms with van der Waals surface area (Å²) >= 11 is 6.50. The summed E-state index contributed by atoms with van der Waals surface area (Å²) in [4.78, 5) is 14.8. The predicted octanol–water partition coefficient (Wildman–Crippen LogP) is 13.0. The van der Waals surface area contributed by atoms with Gasteiger partial charge in [-0.1, -0.05) is 158 Å². The molecule has 4 heteroatoms. The zero-order valence-corrected chi connectivity index (χ0v) is 33.7. The molecular formula is C45H67ClN2O. The molecule has 0 heterocycles. The third-order valence-corrected chi connectivity index (χ3v) is 8.15. The highest BCUT2D eigenvalue weighted by Crippen LogP contribution is 2.26. The molecule has 0 aliphatic heterocycles. The number of aldehydes is 1. The second-order valence-corrected chi connectivity index (χ2v) is 13.9. The zero-order chi connectivity index (χ0) is 37.4. The van der Waals surface area contributed by atoms with Crippen LogP contribution in [0.2, 0.25) is 5.02 Å². The lowest BCUT2D eigenvalue weighted by molar-refractivity contribution is -0.109. The van der Waals surface area contributed by atoms with Gasteiger partial charge in [0.1, 0.15) is 6.29 Å². The number of hydrogen-bond donors (Lipinski definition) is 1. The summed E-state index contributed by atoms with van der Waals surface area (Å²) < 4.78 is 0. The van der Waals surface area contributed by atoms with Crippen LogP contribution in [-0.4, -0.2) is 25.1 Å². The van der Waals surface area contributed by atoms with Crippen molar-refractivity contribution in [2.75, 3.05) is 7.05 Å². The molecule has 0 saturated carbocycles. The number of carbonyl (C=O) groups excluding carboxylic acids is 1. The van der Waals surface area contributed by atoms with Crippen molar-refractivity contribution in [2.24, 2.45) is 10.4 Å². The number of nitrogens with zero attached hydrogens (tertiary/aromatic N) is 1. The summed E-state index contributed by atoms with van der Waals surface area (Å²) in [6, 6.07) is 24.0. The maximum atomic E-state index is 9.82. The van der Waals surface area contributed by atoms with Crippen molar-refractivity contribution < 1.29 is 4.79 Å². The highest BCUT2D eigenvalue weighted by molar-refractivity contribution is 6.32. The van der Waals surface area contributed by atoms with Crippen molar-refractivity contribution in [1.29, 1.82) is 0 Å². The van der Waals surface area contributed by atoms with Crippen LogP contribution >= 0.6 is 11.6 Å². The van der Waals surface area contributed by atoms with Crippen molar-refractivity contribution in [1.82, 2.24) is 5.32 Å². The minimum Gasteiger partial charge on any atom is -0.312 e. The quantitative estimate of drug-likeness (QED) is 0.144. The Balaban J connectivity index is 0.00000139. The molecule has 270 valence electrons. The molecule has 0 saturated heterocycles. The van der Waals surface area contributed by atoms with Crippen molar-refractivity contribution in [2.45, 2.75) is 127 Å². The lowest BCUT2D eigenvalue weighted by Gasteiger charge is -2.18. The topological polar surface area (TPSA) is 41.5 Å². The van der Waals surface area contributed by atoms with E-state index in [4.69, 9.17) is 16.6 Å². The van der Waals surface area contributed by atoms with Gasteiger partial charge >= 0.3 is 0 Å². The number of hydrogen-bond acceptors (Lipinski definition) is 3. The highest BCUT2D eigenvalue weighted by atomic mass is 35.5. The van der Waals surface area contributed by atoms with Gasteiger partial charge in [-0.3, -0.25) is 4.99 Å². The Kier molecular flexibility index (Phi) is 24.0. The fourth-order valence-electron chi connectivity index (χ4n) is 4.76. The molecule has 0 aliphatic rings. The molecule has 1 unspecified atom stereocenters. The number of benzene rings is 3. The average Bonchev–Trinajstić information content (AvgIpc) is 3.07. The number of allylic oxidation sites excluding steroid dienone is 2. The molecule has 0 radical (unpaired) electrons. The van der Waals surface area contributed by atoms with E-state index in [0.717, 1.165) is 58.7 Å². The molecule has 1 N–H and O–H groups in total. The molecule has 0 fully saturated rings. The van der Waals surface area contributed by atoms with E-state index < -0.39 is 0 Å². The van der Waals surface area contributed by atoms with Crippen LogP contribution in [0.5, 0.6) is 0 Å². The lowest BCUT2D eigenvalue weighted by Crippen LogP contribution is -2.34. The third-order valence-electron chi connectivity index (χ3n) is 7.84. The van der Waals surface area contributed by atoms with Crippen LogP contribution in [0.15, 0.2) is 84.4 Å². The van der Waals surface area contributed by atoms with E-state index in [0.29, 0.717) is 6.42 Å². The molecule has 1 atom stereocenters. The maximum Gasteiger partial charge on any atom is 0.120 e. The van der Waals surface area contributed by atoms with E-state index in [-0.39, 0.29) is 11.5 Å². The van der Waals surface area contributed by atoms with E-state index >= 15 is 0 Å². The van der Waals surface area contributed by atoms with E-state index in [1.165, 1.54) is 41.5 Å². The average molecular weight is 687 g/mol. The Labute approximate surface area is 306 Å². The number of unbranched alkanes of at least 4 members (excludes halogenated alkanes) is 2. The van der Waals surface area contributed by atoms with Gasteiger partial charge in [-0.05, 0) is 93.3 Å². The summed E-state index contributed by atoms with van der Waals surface area (Å²) in [7, 11) is 1.99. The minimum atomic E-state index is 0.145. The van der Waals surface area contributed by atoms with Gasteiger partial charge < -0.3 is 10.1 Å². The highest BCUT2D eigenvalue weighted by Gasteiger charge is 2.13. The second-order valence-electron chi connectivity index (χ2n) is 13.5. The number of aryl methyl sites for hydroxylation is 3. The fraction of sp³-hybridized carbons (Fsp3) is 0.467. The summed E-state index contributed by atoms with van der Waals surface area (Å²) in [6.07, 6.45) is 10.7. The Morgan fingerprint density at radius 1 is 0.898 bits per heavy atom. The molecule has 49 heavy (non-hydrogen) atoms.